The van der Waals surface area contributed by atoms with E-state index in [-0.39, 0.29) is 0 Å². The van der Waals surface area contributed by atoms with E-state index in [1.807, 2.05) is 6.08 Å². The van der Waals surface area contributed by atoms with Crippen LogP contribution < -0.4 is 0 Å². The number of hydrogen-bond acceptors (Lipinski definition) is 1. The Morgan fingerprint density at radius 3 is 2.43 bits per heavy atom. The van der Waals surface area contributed by atoms with E-state index < -0.39 is 0 Å². The minimum absolute atomic E-state index is 0.369. The van der Waals surface area contributed by atoms with Crippen LogP contribution in [-0.2, 0) is 0 Å². The molecule has 1 heteroatoms. The van der Waals surface area contributed by atoms with E-state index in [0.717, 1.165) is 13.0 Å². The molecular weight excluding hydrogens is 170 g/mol. The van der Waals surface area contributed by atoms with Crippen molar-refractivity contribution < 1.29 is 0 Å². The quantitative estimate of drug-likeness (QED) is 0.479. The standard InChI is InChI=1S/C13H23N/c1-7-10-14(12(3)8-2)11-9-13(4,5)6/h1,8,12H,2,9-11H2,3-6H3. The monoisotopic (exact) mass is 193 g/mol. The van der Waals surface area contributed by atoms with E-state index >= 15 is 0 Å². The van der Waals surface area contributed by atoms with Crippen molar-refractivity contribution in [3.05, 3.63) is 12.7 Å². The van der Waals surface area contributed by atoms with E-state index in [1.165, 1.54) is 0 Å². The van der Waals surface area contributed by atoms with Gasteiger partial charge in [-0.2, -0.15) is 0 Å². The maximum atomic E-state index is 5.34. The first kappa shape index (κ1) is 13.3. The maximum Gasteiger partial charge on any atom is 0.0603 e. The summed E-state index contributed by atoms with van der Waals surface area (Å²) in [6.07, 6.45) is 8.44. The molecule has 0 rings (SSSR count). The number of terminal acetylenes is 1. The molecule has 1 nitrogen and oxygen atoms in total. The molecule has 1 unspecified atom stereocenters. The lowest BCUT2D eigenvalue weighted by atomic mass is 9.92. The minimum atomic E-state index is 0.369. The second-order valence-corrected chi connectivity index (χ2v) is 4.96. The highest BCUT2D eigenvalue weighted by Gasteiger charge is 2.15. The van der Waals surface area contributed by atoms with Crippen LogP contribution in [0.2, 0.25) is 0 Å². The van der Waals surface area contributed by atoms with Crippen LogP contribution in [0.15, 0.2) is 12.7 Å². The fourth-order valence-electron chi connectivity index (χ4n) is 1.17. The summed E-state index contributed by atoms with van der Waals surface area (Å²) in [5.41, 5.74) is 0.369. The van der Waals surface area contributed by atoms with Crippen LogP contribution in [0, 0.1) is 17.8 Å². The van der Waals surface area contributed by atoms with Crippen molar-refractivity contribution in [2.75, 3.05) is 13.1 Å². The molecule has 0 aliphatic heterocycles. The molecule has 0 aliphatic carbocycles. The second-order valence-electron chi connectivity index (χ2n) is 4.96. The normalized spacial score (nSPS) is 13.7. The average molecular weight is 193 g/mol. The molecule has 0 aromatic carbocycles. The first-order chi connectivity index (χ1) is 6.40. The molecule has 1 atom stereocenters. The van der Waals surface area contributed by atoms with Crippen LogP contribution in [0.4, 0.5) is 0 Å². The van der Waals surface area contributed by atoms with Crippen molar-refractivity contribution >= 4 is 0 Å². The Hall–Kier alpha value is -0.740. The van der Waals surface area contributed by atoms with Gasteiger partial charge in [0.15, 0.2) is 0 Å². The molecule has 0 heterocycles. The predicted octanol–water partition coefficient (Wildman–Crippen LogP) is 2.93. The molecule has 0 saturated carbocycles. The highest BCUT2D eigenvalue weighted by atomic mass is 15.1. The van der Waals surface area contributed by atoms with E-state index in [0.29, 0.717) is 18.0 Å². The van der Waals surface area contributed by atoms with Crippen molar-refractivity contribution in [3.63, 3.8) is 0 Å². The largest absolute Gasteiger partial charge is 0.286 e. The van der Waals surface area contributed by atoms with Gasteiger partial charge in [0.2, 0.25) is 0 Å². The topological polar surface area (TPSA) is 3.24 Å². The summed E-state index contributed by atoms with van der Waals surface area (Å²) in [5, 5.41) is 0. The van der Waals surface area contributed by atoms with Crippen molar-refractivity contribution in [1.29, 1.82) is 0 Å². The number of hydrogen-bond donors (Lipinski definition) is 0. The molecule has 0 fully saturated rings. The minimum Gasteiger partial charge on any atom is -0.286 e. The summed E-state index contributed by atoms with van der Waals surface area (Å²) in [4.78, 5) is 2.28. The van der Waals surface area contributed by atoms with Gasteiger partial charge < -0.3 is 0 Å². The lowest BCUT2D eigenvalue weighted by molar-refractivity contribution is 0.225. The lowest BCUT2D eigenvalue weighted by Gasteiger charge is -2.28. The highest BCUT2D eigenvalue weighted by Crippen LogP contribution is 2.19. The van der Waals surface area contributed by atoms with Crippen molar-refractivity contribution in [2.45, 2.75) is 40.2 Å². The van der Waals surface area contributed by atoms with Crippen molar-refractivity contribution in [1.82, 2.24) is 4.90 Å². The Morgan fingerprint density at radius 2 is 2.07 bits per heavy atom. The predicted molar refractivity (Wildman–Crippen MR) is 64.1 cm³/mol. The molecular formula is C13H23N. The van der Waals surface area contributed by atoms with Gasteiger partial charge in [-0.3, -0.25) is 4.90 Å². The summed E-state index contributed by atoms with van der Waals surface area (Å²) >= 11 is 0. The van der Waals surface area contributed by atoms with Gasteiger partial charge in [-0.05, 0) is 18.8 Å². The van der Waals surface area contributed by atoms with Gasteiger partial charge in [-0.25, -0.2) is 0 Å². The first-order valence-corrected chi connectivity index (χ1v) is 5.21. The molecule has 0 radical (unpaired) electrons. The van der Waals surface area contributed by atoms with Gasteiger partial charge in [-0.1, -0.05) is 32.8 Å². The van der Waals surface area contributed by atoms with E-state index in [1.54, 1.807) is 0 Å². The number of rotatable bonds is 5. The summed E-state index contributed by atoms with van der Waals surface area (Å²) in [7, 11) is 0. The number of nitrogens with zero attached hydrogens (tertiary/aromatic N) is 1. The van der Waals surface area contributed by atoms with E-state index in [2.05, 4.69) is 45.1 Å². The Labute approximate surface area is 89.2 Å². The third-order valence-corrected chi connectivity index (χ3v) is 2.36. The molecule has 80 valence electrons. The molecule has 0 bridgehead atoms. The van der Waals surface area contributed by atoms with Crippen molar-refractivity contribution in [3.8, 4) is 12.3 Å². The Bertz CT molecular complexity index is 204. The molecule has 0 spiro atoms. The fourth-order valence-corrected chi connectivity index (χ4v) is 1.17. The molecule has 0 aliphatic rings. The smallest absolute Gasteiger partial charge is 0.0603 e. The van der Waals surface area contributed by atoms with Gasteiger partial charge in [-0.15, -0.1) is 13.0 Å². The zero-order valence-corrected chi connectivity index (χ0v) is 10.0. The van der Waals surface area contributed by atoms with E-state index in [9.17, 15) is 0 Å². The summed E-state index contributed by atoms with van der Waals surface area (Å²) in [5.74, 6) is 2.70. The summed E-state index contributed by atoms with van der Waals surface area (Å²) < 4.78 is 0. The molecule has 0 saturated heterocycles. The summed E-state index contributed by atoms with van der Waals surface area (Å²) in [6, 6.07) is 0.369. The zero-order valence-electron chi connectivity index (χ0n) is 10.0. The van der Waals surface area contributed by atoms with Gasteiger partial charge in [0.05, 0.1) is 6.54 Å². The summed E-state index contributed by atoms with van der Waals surface area (Å²) in [6.45, 7) is 14.4. The van der Waals surface area contributed by atoms with Gasteiger partial charge >= 0.3 is 0 Å². The van der Waals surface area contributed by atoms with E-state index in [4.69, 9.17) is 6.42 Å². The fraction of sp³-hybridized carbons (Fsp3) is 0.692. The van der Waals surface area contributed by atoms with Crippen LogP contribution in [0.3, 0.4) is 0 Å². The highest BCUT2D eigenvalue weighted by molar-refractivity contribution is 4.94. The van der Waals surface area contributed by atoms with Gasteiger partial charge in [0.1, 0.15) is 0 Å². The molecule has 0 aromatic heterocycles. The van der Waals surface area contributed by atoms with Crippen LogP contribution in [0.5, 0.6) is 0 Å². The lowest BCUT2D eigenvalue weighted by Crippen LogP contribution is -2.34. The van der Waals surface area contributed by atoms with Gasteiger partial charge in [0, 0.05) is 12.6 Å². The Balaban J connectivity index is 4.11. The average Bonchev–Trinajstić information content (AvgIpc) is 2.09. The molecule has 14 heavy (non-hydrogen) atoms. The Morgan fingerprint density at radius 1 is 1.50 bits per heavy atom. The van der Waals surface area contributed by atoms with Crippen LogP contribution in [0.1, 0.15) is 34.1 Å². The first-order valence-electron chi connectivity index (χ1n) is 5.21. The van der Waals surface area contributed by atoms with Crippen LogP contribution in [0.25, 0.3) is 0 Å². The zero-order chi connectivity index (χ0) is 11.2. The van der Waals surface area contributed by atoms with Crippen LogP contribution in [-0.4, -0.2) is 24.0 Å². The third kappa shape index (κ3) is 5.83. The Kier molecular flexibility index (Phi) is 5.57. The van der Waals surface area contributed by atoms with Crippen molar-refractivity contribution in [2.24, 2.45) is 5.41 Å². The maximum absolute atomic E-state index is 5.34. The third-order valence-electron chi connectivity index (χ3n) is 2.36. The molecule has 0 N–H and O–H groups in total. The molecule has 0 aromatic rings. The SMILES string of the molecule is C#CCN(CCC(C)(C)C)C(C)C=C. The van der Waals surface area contributed by atoms with Gasteiger partial charge in [0.25, 0.3) is 0 Å². The second kappa shape index (κ2) is 5.88. The van der Waals surface area contributed by atoms with Crippen LogP contribution >= 0.6 is 0 Å². The molecule has 0 amide bonds.